The Balaban J connectivity index is 1.94. The smallest absolute Gasteiger partial charge is 0.126 e. The summed E-state index contributed by atoms with van der Waals surface area (Å²) < 4.78 is 5.40. The molecule has 0 amide bonds. The van der Waals surface area contributed by atoms with Crippen molar-refractivity contribution in [1.82, 2.24) is 4.98 Å². The van der Waals surface area contributed by atoms with Crippen molar-refractivity contribution < 1.29 is 20.1 Å². The van der Waals surface area contributed by atoms with E-state index in [1.54, 1.807) is 0 Å². The molecule has 4 N–H and O–H groups in total. The summed E-state index contributed by atoms with van der Waals surface area (Å²) in [5.74, 6) is 0. The second-order valence-electron chi connectivity index (χ2n) is 4.61. The minimum atomic E-state index is -1.19. The largest absolute Gasteiger partial charge is 0.388 e. The molecule has 1 aromatic carbocycles. The Morgan fingerprint density at radius 3 is 2.67 bits per heavy atom. The zero-order valence-corrected chi connectivity index (χ0v) is 9.65. The molecular weight excluding hydrogens is 234 g/mol. The molecule has 18 heavy (non-hydrogen) atoms. The fraction of sp³-hybridized carbons (Fsp3) is 0.385. The first-order valence-corrected chi connectivity index (χ1v) is 5.90. The second kappa shape index (κ2) is 4.37. The number of aromatic nitrogens is 1. The molecule has 1 saturated heterocycles. The molecule has 96 valence electrons. The number of aromatic amines is 1. The Morgan fingerprint density at radius 2 is 1.89 bits per heavy atom. The quantitative estimate of drug-likeness (QED) is 0.586. The number of fused-ring (bicyclic) bond motifs is 1. The van der Waals surface area contributed by atoms with Gasteiger partial charge in [0.15, 0.2) is 0 Å². The van der Waals surface area contributed by atoms with E-state index in [2.05, 4.69) is 4.98 Å². The van der Waals surface area contributed by atoms with Crippen molar-refractivity contribution >= 4 is 10.9 Å². The summed E-state index contributed by atoms with van der Waals surface area (Å²) in [4.78, 5) is 3.15. The van der Waals surface area contributed by atoms with Crippen LogP contribution in [0.15, 0.2) is 30.3 Å². The average Bonchev–Trinajstić information content (AvgIpc) is 2.79. The highest BCUT2D eigenvalue weighted by Crippen LogP contribution is 2.30. The van der Waals surface area contributed by atoms with Gasteiger partial charge in [-0.25, -0.2) is 0 Å². The van der Waals surface area contributed by atoms with Gasteiger partial charge >= 0.3 is 0 Å². The first-order chi connectivity index (χ1) is 8.66. The predicted molar refractivity (Wildman–Crippen MR) is 65.0 cm³/mol. The van der Waals surface area contributed by atoms with Gasteiger partial charge in [-0.15, -0.1) is 0 Å². The molecule has 0 radical (unpaired) electrons. The van der Waals surface area contributed by atoms with Crippen molar-refractivity contribution in [1.29, 1.82) is 0 Å². The van der Waals surface area contributed by atoms with Crippen LogP contribution in [0.4, 0.5) is 0 Å². The molecule has 5 nitrogen and oxygen atoms in total. The minimum absolute atomic E-state index is 0.0122. The van der Waals surface area contributed by atoms with Gasteiger partial charge in [0.25, 0.3) is 0 Å². The summed E-state index contributed by atoms with van der Waals surface area (Å²) in [6.45, 7) is 0.0122. The van der Waals surface area contributed by atoms with Gasteiger partial charge in [-0.2, -0.15) is 0 Å². The number of benzene rings is 1. The highest BCUT2D eigenvalue weighted by atomic mass is 16.5. The van der Waals surface area contributed by atoms with Gasteiger partial charge < -0.3 is 25.0 Å². The lowest BCUT2D eigenvalue weighted by atomic mass is 9.98. The van der Waals surface area contributed by atoms with E-state index in [9.17, 15) is 15.3 Å². The SMILES string of the molecule is O[C@@H]1[C@H](O)COC(c2cc3ccccc3[nH]2)[C@H]1O. The Bertz CT molecular complexity index is 520. The summed E-state index contributed by atoms with van der Waals surface area (Å²) in [7, 11) is 0. The maximum absolute atomic E-state index is 9.93. The summed E-state index contributed by atoms with van der Waals surface area (Å²) in [6, 6.07) is 9.61. The number of aliphatic hydroxyl groups is 3. The predicted octanol–water partition coefficient (Wildman–Crippen LogP) is 0.322. The Morgan fingerprint density at radius 1 is 1.11 bits per heavy atom. The summed E-state index contributed by atoms with van der Waals surface area (Å²) >= 11 is 0. The Kier molecular flexibility index (Phi) is 2.83. The van der Waals surface area contributed by atoms with Crippen LogP contribution in [0.25, 0.3) is 10.9 Å². The van der Waals surface area contributed by atoms with Gasteiger partial charge in [-0.1, -0.05) is 18.2 Å². The van der Waals surface area contributed by atoms with Crippen LogP contribution >= 0.6 is 0 Å². The number of rotatable bonds is 1. The van der Waals surface area contributed by atoms with E-state index in [1.807, 2.05) is 30.3 Å². The number of para-hydroxylation sites is 1. The third kappa shape index (κ3) is 1.81. The van der Waals surface area contributed by atoms with E-state index in [0.29, 0.717) is 5.69 Å². The molecule has 0 spiro atoms. The van der Waals surface area contributed by atoms with Crippen molar-refractivity contribution in [3.05, 3.63) is 36.0 Å². The molecule has 0 aliphatic carbocycles. The maximum Gasteiger partial charge on any atom is 0.126 e. The highest BCUT2D eigenvalue weighted by molar-refractivity contribution is 5.80. The molecule has 1 aromatic heterocycles. The standard InChI is InChI=1S/C13H15NO4/c15-10-6-18-13(12(17)11(10)16)9-5-7-3-1-2-4-8(7)14-9/h1-5,10-17H,6H2/t10-,11-,12+,13?/m1/s1. The molecule has 0 saturated carbocycles. The molecule has 3 rings (SSSR count). The normalized spacial score (nSPS) is 32.8. The third-order valence-electron chi connectivity index (χ3n) is 3.36. The van der Waals surface area contributed by atoms with Crippen LogP contribution in [0.2, 0.25) is 0 Å². The Hall–Kier alpha value is -1.40. The molecular formula is C13H15NO4. The van der Waals surface area contributed by atoms with Crippen molar-refractivity contribution in [3.63, 3.8) is 0 Å². The first-order valence-electron chi connectivity index (χ1n) is 5.90. The van der Waals surface area contributed by atoms with E-state index in [4.69, 9.17) is 4.74 Å². The van der Waals surface area contributed by atoms with E-state index in [-0.39, 0.29) is 6.61 Å². The number of aliphatic hydroxyl groups excluding tert-OH is 3. The number of hydrogen-bond acceptors (Lipinski definition) is 4. The monoisotopic (exact) mass is 249 g/mol. The highest BCUT2D eigenvalue weighted by Gasteiger charge is 2.38. The molecule has 1 unspecified atom stereocenters. The fourth-order valence-electron chi connectivity index (χ4n) is 2.33. The molecule has 1 fully saturated rings. The first kappa shape index (κ1) is 11.7. The summed E-state index contributed by atoms with van der Waals surface area (Å²) in [6.07, 6.45) is -4.01. The van der Waals surface area contributed by atoms with Gasteiger partial charge in [0, 0.05) is 11.2 Å². The number of nitrogens with one attached hydrogen (secondary N) is 1. The van der Waals surface area contributed by atoms with Crippen molar-refractivity contribution in [2.75, 3.05) is 6.61 Å². The van der Waals surface area contributed by atoms with Crippen LogP contribution in [0.1, 0.15) is 11.8 Å². The van der Waals surface area contributed by atoms with Crippen LogP contribution in [0.3, 0.4) is 0 Å². The fourth-order valence-corrected chi connectivity index (χ4v) is 2.33. The number of H-pyrrole nitrogens is 1. The van der Waals surface area contributed by atoms with Crippen LogP contribution in [0.5, 0.6) is 0 Å². The van der Waals surface area contributed by atoms with Gasteiger partial charge in [0.2, 0.25) is 0 Å². The van der Waals surface area contributed by atoms with E-state index < -0.39 is 24.4 Å². The second-order valence-corrected chi connectivity index (χ2v) is 4.61. The summed E-state index contributed by atoms with van der Waals surface area (Å²) in [5, 5.41) is 30.0. The molecule has 1 aliphatic rings. The zero-order valence-electron chi connectivity index (χ0n) is 9.65. The van der Waals surface area contributed by atoms with E-state index in [1.165, 1.54) is 0 Å². The Labute approximate surface area is 104 Å². The maximum atomic E-state index is 9.93. The van der Waals surface area contributed by atoms with E-state index >= 15 is 0 Å². The molecule has 5 heteroatoms. The lowest BCUT2D eigenvalue weighted by Crippen LogP contribution is -2.49. The van der Waals surface area contributed by atoms with Crippen LogP contribution in [-0.4, -0.2) is 45.2 Å². The van der Waals surface area contributed by atoms with Crippen LogP contribution < -0.4 is 0 Å². The number of hydrogen-bond donors (Lipinski definition) is 4. The van der Waals surface area contributed by atoms with Gasteiger partial charge in [0.1, 0.15) is 24.4 Å². The third-order valence-corrected chi connectivity index (χ3v) is 3.36. The van der Waals surface area contributed by atoms with Crippen molar-refractivity contribution in [2.24, 2.45) is 0 Å². The molecule has 2 heterocycles. The van der Waals surface area contributed by atoms with E-state index in [0.717, 1.165) is 10.9 Å². The zero-order chi connectivity index (χ0) is 12.7. The molecule has 0 bridgehead atoms. The van der Waals surface area contributed by atoms with Crippen LogP contribution in [0, 0.1) is 0 Å². The molecule has 1 aliphatic heterocycles. The molecule has 4 atom stereocenters. The lowest BCUT2D eigenvalue weighted by Gasteiger charge is -2.34. The number of ether oxygens (including phenoxy) is 1. The topological polar surface area (TPSA) is 85.7 Å². The van der Waals surface area contributed by atoms with Crippen molar-refractivity contribution in [3.8, 4) is 0 Å². The molecule has 2 aromatic rings. The average molecular weight is 249 g/mol. The summed E-state index contributed by atoms with van der Waals surface area (Å²) in [5.41, 5.74) is 1.65. The lowest BCUT2D eigenvalue weighted by molar-refractivity contribution is -0.190. The van der Waals surface area contributed by atoms with Crippen LogP contribution in [-0.2, 0) is 4.74 Å². The van der Waals surface area contributed by atoms with Gasteiger partial charge in [-0.3, -0.25) is 0 Å². The van der Waals surface area contributed by atoms with Gasteiger partial charge in [0.05, 0.1) is 6.61 Å². The minimum Gasteiger partial charge on any atom is -0.388 e. The van der Waals surface area contributed by atoms with Gasteiger partial charge in [-0.05, 0) is 17.5 Å². The van der Waals surface area contributed by atoms with Crippen molar-refractivity contribution in [2.45, 2.75) is 24.4 Å².